The van der Waals surface area contributed by atoms with Gasteiger partial charge in [-0.15, -0.1) is 11.3 Å². The minimum Gasteiger partial charge on any atom is -1.00 e. The number of benzene rings is 4. The molecule has 5 rings (SSSR count). The Morgan fingerprint density at radius 2 is 1.49 bits per heavy atom. The third-order valence-electron chi connectivity index (χ3n) is 9.27. The van der Waals surface area contributed by atoms with Crippen LogP contribution in [-0.4, -0.2) is 55.7 Å². The maximum absolute atomic E-state index is 14.4. The molecule has 0 saturated carbocycles. The molecule has 0 atom stereocenters. The van der Waals surface area contributed by atoms with Crippen LogP contribution in [0.15, 0.2) is 72.8 Å². The third kappa shape index (κ3) is 8.32. The highest BCUT2D eigenvalue weighted by Gasteiger charge is 2.27. The molecule has 0 aliphatic heterocycles. The van der Waals surface area contributed by atoms with Gasteiger partial charge in [0.1, 0.15) is 22.9 Å². The fourth-order valence-corrected chi connectivity index (χ4v) is 8.29. The van der Waals surface area contributed by atoms with Crippen LogP contribution in [0.2, 0.25) is 5.02 Å². The summed E-state index contributed by atoms with van der Waals surface area (Å²) < 4.78 is 13.1. The Labute approximate surface area is 299 Å². The summed E-state index contributed by atoms with van der Waals surface area (Å²) in [6.45, 7) is 14.3. The molecular weight excluding hydrogens is 692 g/mol. The van der Waals surface area contributed by atoms with E-state index in [1.165, 1.54) is 38.8 Å². The molecule has 1 aromatic heterocycles. The fourth-order valence-electron chi connectivity index (χ4n) is 6.68. The Morgan fingerprint density at radius 1 is 0.830 bits per heavy atom. The zero-order chi connectivity index (χ0) is 32.8. The SMILES string of the molecule is CC[N+](CC)(CCCCN(Cc1ccc2ccccc2c1)C(=O)c1sc2c(OC)ccc(OC)c2c1Cl)Cc1cc(C)cc(C)c1.[Br-]. The van der Waals surface area contributed by atoms with Gasteiger partial charge in [0, 0.05) is 18.7 Å². The number of rotatable bonds is 14. The highest BCUT2D eigenvalue weighted by Crippen LogP contribution is 2.45. The van der Waals surface area contributed by atoms with Crippen molar-refractivity contribution >= 4 is 49.7 Å². The molecule has 0 bridgehead atoms. The second-order valence-corrected chi connectivity index (χ2v) is 13.8. The van der Waals surface area contributed by atoms with E-state index in [1.54, 1.807) is 14.2 Å². The van der Waals surface area contributed by atoms with Crippen molar-refractivity contribution in [3.8, 4) is 11.5 Å². The molecule has 5 aromatic rings. The van der Waals surface area contributed by atoms with E-state index in [0.29, 0.717) is 34.5 Å². The number of carbonyl (C=O) groups is 1. The van der Waals surface area contributed by atoms with Gasteiger partial charge in [0.2, 0.25) is 0 Å². The average Bonchev–Trinajstić information content (AvgIpc) is 3.41. The summed E-state index contributed by atoms with van der Waals surface area (Å²) in [5.41, 5.74) is 5.14. The monoisotopic (exact) mass is 736 g/mol. The molecule has 0 unspecified atom stereocenters. The van der Waals surface area contributed by atoms with Crippen LogP contribution in [0.5, 0.6) is 11.5 Å². The maximum atomic E-state index is 14.4. The van der Waals surface area contributed by atoms with Crippen LogP contribution >= 0.6 is 22.9 Å². The summed E-state index contributed by atoms with van der Waals surface area (Å²) in [7, 11) is 3.25. The number of thiophene rings is 1. The summed E-state index contributed by atoms with van der Waals surface area (Å²) in [4.78, 5) is 16.9. The number of unbranched alkanes of at least 4 members (excludes halogenated alkanes) is 1. The van der Waals surface area contributed by atoms with E-state index in [2.05, 4.69) is 88.4 Å². The molecule has 1 heterocycles. The first-order valence-electron chi connectivity index (χ1n) is 16.2. The molecule has 0 aliphatic rings. The lowest BCUT2D eigenvalue weighted by Crippen LogP contribution is -3.00. The van der Waals surface area contributed by atoms with E-state index in [0.717, 1.165) is 59.2 Å². The Bertz CT molecular complexity index is 1810. The number of ether oxygens (including phenoxy) is 2. The van der Waals surface area contributed by atoms with Gasteiger partial charge in [0.05, 0.1) is 49.0 Å². The zero-order valence-electron chi connectivity index (χ0n) is 28.4. The van der Waals surface area contributed by atoms with E-state index >= 15 is 0 Å². The number of aryl methyl sites for hydroxylation is 2. The smallest absolute Gasteiger partial charge is 0.265 e. The summed E-state index contributed by atoms with van der Waals surface area (Å²) >= 11 is 8.35. The van der Waals surface area contributed by atoms with E-state index in [9.17, 15) is 4.79 Å². The van der Waals surface area contributed by atoms with Crippen molar-refractivity contribution in [1.82, 2.24) is 4.90 Å². The highest BCUT2D eigenvalue weighted by molar-refractivity contribution is 7.22. The first kappa shape index (κ1) is 36.7. The van der Waals surface area contributed by atoms with E-state index in [1.807, 2.05) is 17.0 Å². The predicted octanol–water partition coefficient (Wildman–Crippen LogP) is 6.83. The first-order valence-corrected chi connectivity index (χ1v) is 17.4. The van der Waals surface area contributed by atoms with Crippen LogP contribution in [0.1, 0.15) is 58.6 Å². The minimum atomic E-state index is -0.0644. The van der Waals surface area contributed by atoms with Crippen molar-refractivity contribution in [3.05, 3.63) is 105 Å². The highest BCUT2D eigenvalue weighted by atomic mass is 79.9. The van der Waals surface area contributed by atoms with Gasteiger partial charge in [-0.05, 0) is 75.1 Å². The Morgan fingerprint density at radius 3 is 2.15 bits per heavy atom. The average molecular weight is 738 g/mol. The van der Waals surface area contributed by atoms with Crippen LogP contribution in [0, 0.1) is 13.8 Å². The van der Waals surface area contributed by atoms with E-state index < -0.39 is 0 Å². The molecule has 8 heteroatoms. The predicted molar refractivity (Wildman–Crippen MR) is 194 cm³/mol. The van der Waals surface area contributed by atoms with Crippen molar-refractivity contribution in [2.45, 2.75) is 53.6 Å². The van der Waals surface area contributed by atoms with Crippen molar-refractivity contribution < 1.29 is 35.7 Å². The Kier molecular flexibility index (Phi) is 12.8. The molecule has 1 amide bonds. The third-order valence-corrected chi connectivity index (χ3v) is 10.9. The van der Waals surface area contributed by atoms with Gasteiger partial charge < -0.3 is 35.8 Å². The number of amides is 1. The van der Waals surface area contributed by atoms with Gasteiger partial charge >= 0.3 is 0 Å². The first-order chi connectivity index (χ1) is 22.2. The van der Waals surface area contributed by atoms with Gasteiger partial charge in [0.15, 0.2) is 0 Å². The van der Waals surface area contributed by atoms with Gasteiger partial charge in [-0.25, -0.2) is 0 Å². The maximum Gasteiger partial charge on any atom is 0.265 e. The quantitative estimate of drug-likeness (QED) is 0.0928. The van der Waals surface area contributed by atoms with Crippen molar-refractivity contribution in [2.75, 3.05) is 40.4 Å². The summed E-state index contributed by atoms with van der Waals surface area (Å²) in [5.74, 6) is 1.25. The summed E-state index contributed by atoms with van der Waals surface area (Å²) in [6.07, 6.45) is 1.93. The molecular formula is C39H46BrClN2O3S. The largest absolute Gasteiger partial charge is 1.00 e. The molecule has 0 saturated heterocycles. The Balaban J connectivity index is 0.00000500. The van der Waals surface area contributed by atoms with E-state index in [4.69, 9.17) is 21.1 Å². The van der Waals surface area contributed by atoms with Crippen LogP contribution in [0.4, 0.5) is 0 Å². The molecule has 0 N–H and O–H groups in total. The second kappa shape index (κ2) is 16.3. The second-order valence-electron chi connectivity index (χ2n) is 12.4. The standard InChI is InChI=1S/C39H46ClN2O3S.BrH/c1-7-42(8-2,26-30-22-27(3)21-28(4)23-30)20-12-11-19-41(25-29-15-16-31-13-9-10-14-32(31)24-29)39(43)38-36(40)35-33(44-5)17-18-34(45-6)37(35)46-38;/h9-10,13-18,21-24H,7-8,11-12,19-20,25-26H2,1-6H3;1H/q+1;/p-1. The van der Waals surface area contributed by atoms with Crippen LogP contribution in [0.25, 0.3) is 20.9 Å². The molecule has 5 nitrogen and oxygen atoms in total. The number of halogens is 2. The lowest BCUT2D eigenvalue weighted by atomic mass is 10.1. The lowest BCUT2D eigenvalue weighted by Gasteiger charge is -2.37. The van der Waals surface area contributed by atoms with Crippen molar-refractivity contribution in [1.29, 1.82) is 0 Å². The van der Waals surface area contributed by atoms with Crippen molar-refractivity contribution in [2.24, 2.45) is 0 Å². The van der Waals surface area contributed by atoms with Crippen molar-refractivity contribution in [3.63, 3.8) is 0 Å². The number of fused-ring (bicyclic) bond motifs is 2. The minimum absolute atomic E-state index is 0. The molecule has 0 spiro atoms. The molecule has 4 aromatic carbocycles. The number of quaternary nitrogens is 1. The molecule has 0 radical (unpaired) electrons. The number of carbonyl (C=O) groups excluding carboxylic acids is 1. The number of hydrogen-bond donors (Lipinski definition) is 0. The summed E-state index contributed by atoms with van der Waals surface area (Å²) in [6, 6.07) is 25.4. The van der Waals surface area contributed by atoms with Crippen LogP contribution in [0.3, 0.4) is 0 Å². The Hall–Kier alpha value is -3.10. The molecule has 47 heavy (non-hydrogen) atoms. The van der Waals surface area contributed by atoms with Gasteiger partial charge in [-0.1, -0.05) is 77.3 Å². The topological polar surface area (TPSA) is 38.8 Å². The van der Waals surface area contributed by atoms with Gasteiger partial charge in [-0.3, -0.25) is 4.79 Å². The zero-order valence-corrected chi connectivity index (χ0v) is 31.5. The molecule has 250 valence electrons. The molecule has 0 fully saturated rings. The normalized spacial score (nSPS) is 11.5. The van der Waals surface area contributed by atoms with Gasteiger partial charge in [0.25, 0.3) is 5.91 Å². The number of nitrogens with zero attached hydrogens (tertiary/aromatic N) is 2. The van der Waals surface area contributed by atoms with E-state index in [-0.39, 0.29) is 22.9 Å². The lowest BCUT2D eigenvalue weighted by molar-refractivity contribution is -0.938. The van der Waals surface area contributed by atoms with Crippen LogP contribution in [-0.2, 0) is 13.1 Å². The fraction of sp³-hybridized carbons (Fsp3) is 0.359. The van der Waals surface area contributed by atoms with Crippen LogP contribution < -0.4 is 26.5 Å². The van der Waals surface area contributed by atoms with Gasteiger partial charge in [-0.2, -0.15) is 0 Å². The number of methoxy groups -OCH3 is 2. The summed E-state index contributed by atoms with van der Waals surface area (Å²) in [5, 5.41) is 3.50. The number of hydrogen-bond acceptors (Lipinski definition) is 4. The molecule has 0 aliphatic carbocycles.